The number of nitrogens with zero attached hydrogens (tertiary/aromatic N) is 1. The molecule has 0 radical (unpaired) electrons. The van der Waals surface area contributed by atoms with E-state index < -0.39 is 11.7 Å². The molecule has 0 bridgehead atoms. The van der Waals surface area contributed by atoms with Gasteiger partial charge >= 0.3 is 11.7 Å². The zero-order valence-electron chi connectivity index (χ0n) is 21.8. The fourth-order valence-corrected chi connectivity index (χ4v) is 4.83. The largest absolute Gasteiger partial charge is 0.504 e. The van der Waals surface area contributed by atoms with Gasteiger partial charge in [-0.3, -0.25) is 4.79 Å². The first-order valence-electron chi connectivity index (χ1n) is 13.0. The second kappa shape index (κ2) is 12.0. The molecule has 2 aromatic carbocycles. The fraction of sp³-hybridized carbons (Fsp3) is 0.414. The van der Waals surface area contributed by atoms with Gasteiger partial charge in [0.05, 0.1) is 18.6 Å². The Kier molecular flexibility index (Phi) is 8.55. The molecule has 1 aliphatic rings. The third kappa shape index (κ3) is 6.27. The summed E-state index contributed by atoms with van der Waals surface area (Å²) < 4.78 is 10.5. The van der Waals surface area contributed by atoms with Gasteiger partial charge in [0.2, 0.25) is 5.91 Å². The van der Waals surface area contributed by atoms with Crippen molar-refractivity contribution in [1.82, 2.24) is 10.2 Å². The van der Waals surface area contributed by atoms with Gasteiger partial charge < -0.3 is 29.6 Å². The fourth-order valence-electron chi connectivity index (χ4n) is 4.83. The monoisotopic (exact) mass is 522 g/mol. The topological polar surface area (TPSA) is 129 Å². The average Bonchev–Trinajstić information content (AvgIpc) is 2.91. The van der Waals surface area contributed by atoms with Crippen LogP contribution in [-0.4, -0.2) is 46.8 Å². The van der Waals surface area contributed by atoms with Gasteiger partial charge in [-0.2, -0.15) is 0 Å². The van der Waals surface area contributed by atoms with Crippen molar-refractivity contribution in [2.75, 3.05) is 19.7 Å². The molecule has 3 N–H and O–H groups in total. The number of likely N-dealkylation sites (tertiary alicyclic amines) is 1. The number of aromatic hydroxyl groups is 2. The Bertz CT molecular complexity index is 1370. The molecule has 0 atom stereocenters. The summed E-state index contributed by atoms with van der Waals surface area (Å²) in [5.74, 6) is -0.557. The number of phenols is 2. The van der Waals surface area contributed by atoms with Gasteiger partial charge in [-0.1, -0.05) is 37.6 Å². The predicted octanol–water partition coefficient (Wildman–Crippen LogP) is 4.49. The number of rotatable bonds is 8. The summed E-state index contributed by atoms with van der Waals surface area (Å²) in [6, 6.07) is 10.6. The molecule has 202 valence electrons. The Morgan fingerprint density at radius 1 is 1.13 bits per heavy atom. The third-order valence-electron chi connectivity index (χ3n) is 7.15. The van der Waals surface area contributed by atoms with E-state index >= 15 is 0 Å². The number of ether oxygens (including phenoxy) is 1. The molecule has 3 aromatic rings. The molecule has 0 unspecified atom stereocenters. The maximum absolute atomic E-state index is 13.1. The molecule has 1 fully saturated rings. The van der Waals surface area contributed by atoms with Crippen LogP contribution in [-0.2, 0) is 22.5 Å². The minimum Gasteiger partial charge on any atom is -0.504 e. The highest BCUT2D eigenvalue weighted by atomic mass is 16.5. The lowest BCUT2D eigenvalue weighted by Crippen LogP contribution is -2.39. The number of alkyl carbamates (subject to hydrolysis) is 1. The van der Waals surface area contributed by atoms with Gasteiger partial charge in [0, 0.05) is 31.1 Å². The summed E-state index contributed by atoms with van der Waals surface area (Å²) in [6.07, 6.45) is 2.89. The summed E-state index contributed by atoms with van der Waals surface area (Å²) >= 11 is 0. The number of hydrogen-bond donors (Lipinski definition) is 3. The van der Waals surface area contributed by atoms with Crippen molar-refractivity contribution in [2.45, 2.75) is 58.4 Å². The first-order chi connectivity index (χ1) is 18.3. The highest BCUT2D eigenvalue weighted by Crippen LogP contribution is 2.32. The lowest BCUT2D eigenvalue weighted by atomic mass is 9.88. The molecule has 0 spiro atoms. The standard InChI is InChI=1S/C29H34N2O7/c1-3-4-12-37-29(36)30-17-19-6-5-7-21(13-19)20-8-10-31(11-9-20)27(34)15-23-18(2)22-14-24(32)25(33)16-26(22)38-28(23)35/h5-7,13-14,16,20,32-33H,3-4,8-12,15,17H2,1-2H3,(H,30,36). The van der Waals surface area contributed by atoms with Gasteiger partial charge in [-0.25, -0.2) is 9.59 Å². The van der Waals surface area contributed by atoms with Gasteiger partial charge in [-0.05, 0) is 54.9 Å². The highest BCUT2D eigenvalue weighted by Gasteiger charge is 2.26. The second-order valence-electron chi connectivity index (χ2n) is 9.75. The average molecular weight is 523 g/mol. The first kappa shape index (κ1) is 27.0. The molecule has 2 amide bonds. The molecular formula is C29H34N2O7. The summed E-state index contributed by atoms with van der Waals surface area (Å²) in [7, 11) is 0. The van der Waals surface area contributed by atoms with Crippen LogP contribution in [0.1, 0.15) is 60.8 Å². The number of carbonyl (C=O) groups is 2. The maximum atomic E-state index is 13.1. The number of fused-ring (bicyclic) bond motifs is 1. The van der Waals surface area contributed by atoms with Crippen LogP contribution in [0, 0.1) is 6.92 Å². The predicted molar refractivity (Wildman–Crippen MR) is 142 cm³/mol. The number of amides is 2. The first-order valence-corrected chi connectivity index (χ1v) is 13.0. The molecule has 2 heterocycles. The normalized spacial score (nSPS) is 14.0. The van der Waals surface area contributed by atoms with Crippen molar-refractivity contribution in [3.8, 4) is 11.5 Å². The van der Waals surface area contributed by atoms with Gasteiger partial charge in [0.25, 0.3) is 0 Å². The van der Waals surface area contributed by atoms with Gasteiger partial charge in [0.15, 0.2) is 11.5 Å². The Morgan fingerprint density at radius 3 is 2.61 bits per heavy atom. The van der Waals surface area contributed by atoms with Crippen LogP contribution in [0.15, 0.2) is 45.6 Å². The van der Waals surface area contributed by atoms with Crippen LogP contribution in [0.25, 0.3) is 11.0 Å². The van der Waals surface area contributed by atoms with Crippen molar-refractivity contribution in [1.29, 1.82) is 0 Å². The second-order valence-corrected chi connectivity index (χ2v) is 9.75. The summed E-state index contributed by atoms with van der Waals surface area (Å²) in [4.78, 5) is 39.3. The van der Waals surface area contributed by atoms with E-state index in [0.29, 0.717) is 43.1 Å². The zero-order chi connectivity index (χ0) is 27.2. The molecule has 1 aromatic heterocycles. The van der Waals surface area contributed by atoms with Crippen LogP contribution >= 0.6 is 0 Å². The number of piperidine rings is 1. The minimum atomic E-state index is -0.622. The number of nitrogens with one attached hydrogen (secondary N) is 1. The van der Waals surface area contributed by atoms with Crippen molar-refractivity contribution < 1.29 is 29.0 Å². The number of unbranched alkanes of at least 4 members (excludes halogenated alkanes) is 1. The van der Waals surface area contributed by atoms with E-state index in [1.165, 1.54) is 17.7 Å². The van der Waals surface area contributed by atoms with Crippen molar-refractivity contribution >= 4 is 23.0 Å². The summed E-state index contributed by atoms with van der Waals surface area (Å²) in [5.41, 5.74) is 2.50. The van der Waals surface area contributed by atoms with E-state index in [4.69, 9.17) is 9.15 Å². The van der Waals surface area contributed by atoms with E-state index in [1.807, 2.05) is 19.1 Å². The van der Waals surface area contributed by atoms with Gasteiger partial charge in [-0.15, -0.1) is 0 Å². The maximum Gasteiger partial charge on any atom is 0.407 e. The van der Waals surface area contributed by atoms with E-state index in [2.05, 4.69) is 17.4 Å². The van der Waals surface area contributed by atoms with E-state index in [0.717, 1.165) is 31.2 Å². The number of phenolic OH excluding ortho intramolecular Hbond substituents is 2. The molecule has 1 saturated heterocycles. The van der Waals surface area contributed by atoms with Crippen molar-refractivity contribution in [3.05, 3.63) is 69.1 Å². The van der Waals surface area contributed by atoms with Crippen molar-refractivity contribution in [3.63, 3.8) is 0 Å². The molecule has 0 aliphatic carbocycles. The summed E-state index contributed by atoms with van der Waals surface area (Å²) in [5, 5.41) is 22.8. The highest BCUT2D eigenvalue weighted by molar-refractivity contribution is 5.86. The number of hydrogen-bond acceptors (Lipinski definition) is 7. The van der Waals surface area contributed by atoms with E-state index in [9.17, 15) is 24.6 Å². The van der Waals surface area contributed by atoms with Gasteiger partial charge in [0.1, 0.15) is 5.58 Å². The Labute approximate surface area is 221 Å². The van der Waals surface area contributed by atoms with Crippen LogP contribution in [0.4, 0.5) is 4.79 Å². The molecule has 9 nitrogen and oxygen atoms in total. The molecule has 0 saturated carbocycles. The molecular weight excluding hydrogens is 488 g/mol. The summed E-state index contributed by atoms with van der Waals surface area (Å²) in [6.45, 7) is 5.70. The number of aryl methyl sites for hydroxylation is 1. The quantitative estimate of drug-likeness (QED) is 0.226. The van der Waals surface area contributed by atoms with E-state index in [-0.39, 0.29) is 35.0 Å². The molecule has 1 aliphatic heterocycles. The molecule has 38 heavy (non-hydrogen) atoms. The number of carbonyl (C=O) groups excluding carboxylic acids is 2. The lowest BCUT2D eigenvalue weighted by molar-refractivity contribution is -0.131. The zero-order valence-corrected chi connectivity index (χ0v) is 21.8. The Hall–Kier alpha value is -4.01. The lowest BCUT2D eigenvalue weighted by Gasteiger charge is -2.32. The van der Waals surface area contributed by atoms with E-state index in [1.54, 1.807) is 11.8 Å². The van der Waals surface area contributed by atoms with Crippen LogP contribution in [0.3, 0.4) is 0 Å². The Balaban J connectivity index is 1.35. The smallest absolute Gasteiger partial charge is 0.407 e. The minimum absolute atomic E-state index is 0.0913. The molecule has 4 rings (SSSR count). The third-order valence-corrected chi connectivity index (χ3v) is 7.15. The van der Waals surface area contributed by atoms with Crippen LogP contribution < -0.4 is 10.9 Å². The SMILES string of the molecule is CCCCOC(=O)NCc1cccc(C2CCN(C(=O)Cc3c(C)c4cc(O)c(O)cc4oc3=O)CC2)c1. The number of benzene rings is 2. The van der Waals surface area contributed by atoms with Crippen LogP contribution in [0.5, 0.6) is 11.5 Å². The van der Waals surface area contributed by atoms with Crippen LogP contribution in [0.2, 0.25) is 0 Å². The van der Waals surface area contributed by atoms with Crippen molar-refractivity contribution in [2.24, 2.45) is 0 Å². The Morgan fingerprint density at radius 2 is 1.87 bits per heavy atom. The molecule has 9 heteroatoms.